The lowest BCUT2D eigenvalue weighted by Gasteiger charge is -2.24. The van der Waals surface area contributed by atoms with Crippen LogP contribution in [0.5, 0.6) is 0 Å². The maximum Gasteiger partial charge on any atom is 0.240 e. The van der Waals surface area contributed by atoms with Crippen molar-refractivity contribution in [1.29, 1.82) is 0 Å². The van der Waals surface area contributed by atoms with Crippen LogP contribution >= 0.6 is 0 Å². The number of rotatable bonds is 8. The maximum atomic E-state index is 12.5. The first kappa shape index (κ1) is 21.6. The molecule has 1 N–H and O–H groups in total. The minimum atomic E-state index is -3.59. The molecule has 29 heavy (non-hydrogen) atoms. The number of benzene rings is 2. The number of carbonyl (C=O) groups excluding carboxylic acids is 1. The van der Waals surface area contributed by atoms with Gasteiger partial charge in [0.25, 0.3) is 0 Å². The fourth-order valence-corrected chi connectivity index (χ4v) is 4.75. The molecule has 1 heterocycles. The summed E-state index contributed by atoms with van der Waals surface area (Å²) in [6.07, 6.45) is 7.13. The van der Waals surface area contributed by atoms with Gasteiger partial charge in [0, 0.05) is 11.9 Å². The summed E-state index contributed by atoms with van der Waals surface area (Å²) in [6, 6.07) is 13.1. The van der Waals surface area contributed by atoms with E-state index in [2.05, 4.69) is 10.2 Å². The van der Waals surface area contributed by atoms with Gasteiger partial charge >= 0.3 is 0 Å². The average molecular weight is 418 g/mol. The molecule has 0 aliphatic carbocycles. The van der Waals surface area contributed by atoms with Crippen LogP contribution in [0.15, 0.2) is 42.5 Å². The zero-order valence-corrected chi connectivity index (χ0v) is 18.0. The minimum Gasteiger partial charge on any atom is -0.354 e. The van der Waals surface area contributed by atoms with Gasteiger partial charge < -0.3 is 10.2 Å². The molecule has 158 valence electrons. The van der Waals surface area contributed by atoms with Crippen LogP contribution in [0.2, 0.25) is 0 Å². The Morgan fingerprint density at radius 1 is 1.03 bits per heavy atom. The van der Waals surface area contributed by atoms with E-state index in [0.717, 1.165) is 43.1 Å². The van der Waals surface area contributed by atoms with Crippen molar-refractivity contribution < 1.29 is 13.2 Å². The Labute approximate surface area is 173 Å². The molecule has 0 unspecified atom stereocenters. The summed E-state index contributed by atoms with van der Waals surface area (Å²) in [4.78, 5) is 14.9. The standard InChI is InChI=1S/C22H31N3O3S/c1-29(27,28)25(21-13-8-11-19-10-4-5-12-20(19)21)18-22(26)23-14-9-17-24-15-6-2-3-7-16-24/h4-5,8,10-13H,2-3,6-7,9,14-18H2,1H3,(H,23,26). The molecule has 0 radical (unpaired) electrons. The van der Waals surface area contributed by atoms with Crippen LogP contribution in [0, 0.1) is 0 Å². The maximum absolute atomic E-state index is 12.5. The smallest absolute Gasteiger partial charge is 0.240 e. The van der Waals surface area contributed by atoms with Crippen LogP contribution in [0.1, 0.15) is 32.1 Å². The van der Waals surface area contributed by atoms with Crippen molar-refractivity contribution in [2.45, 2.75) is 32.1 Å². The van der Waals surface area contributed by atoms with E-state index in [4.69, 9.17) is 0 Å². The molecule has 2 aromatic carbocycles. The number of anilines is 1. The zero-order chi connectivity index (χ0) is 20.7. The first-order valence-corrected chi connectivity index (χ1v) is 12.2. The van der Waals surface area contributed by atoms with E-state index in [1.165, 1.54) is 30.0 Å². The number of likely N-dealkylation sites (tertiary alicyclic amines) is 1. The van der Waals surface area contributed by atoms with Crippen molar-refractivity contribution in [3.63, 3.8) is 0 Å². The van der Waals surface area contributed by atoms with Gasteiger partial charge in [-0.25, -0.2) is 8.42 Å². The monoisotopic (exact) mass is 417 g/mol. The molecule has 1 amide bonds. The van der Waals surface area contributed by atoms with Crippen molar-refractivity contribution >= 4 is 32.4 Å². The third kappa shape index (κ3) is 6.18. The Morgan fingerprint density at radius 3 is 2.45 bits per heavy atom. The Morgan fingerprint density at radius 2 is 1.72 bits per heavy atom. The molecule has 2 aromatic rings. The van der Waals surface area contributed by atoms with Gasteiger partial charge in [-0.3, -0.25) is 9.10 Å². The van der Waals surface area contributed by atoms with Crippen LogP contribution in [-0.2, 0) is 14.8 Å². The van der Waals surface area contributed by atoms with Crippen molar-refractivity contribution in [2.75, 3.05) is 43.3 Å². The Hall–Kier alpha value is -2.12. The Balaban J connectivity index is 1.60. The summed E-state index contributed by atoms with van der Waals surface area (Å²) >= 11 is 0. The molecule has 7 heteroatoms. The minimum absolute atomic E-state index is 0.212. The molecular formula is C22H31N3O3S. The molecule has 1 fully saturated rings. The first-order chi connectivity index (χ1) is 13.9. The quantitative estimate of drug-likeness (QED) is 0.671. The Kier molecular flexibility index (Phi) is 7.50. The average Bonchev–Trinajstić information content (AvgIpc) is 2.97. The number of amides is 1. The lowest BCUT2D eigenvalue weighted by Crippen LogP contribution is -2.41. The summed E-state index contributed by atoms with van der Waals surface area (Å²) in [5.41, 5.74) is 0.533. The second-order valence-electron chi connectivity index (χ2n) is 7.73. The molecule has 1 saturated heterocycles. The fraction of sp³-hybridized carbons (Fsp3) is 0.500. The molecule has 0 aromatic heterocycles. The number of nitrogens with one attached hydrogen (secondary N) is 1. The molecule has 6 nitrogen and oxygen atoms in total. The van der Waals surface area contributed by atoms with E-state index < -0.39 is 10.0 Å². The zero-order valence-electron chi connectivity index (χ0n) is 17.1. The molecule has 0 bridgehead atoms. The topological polar surface area (TPSA) is 69.7 Å². The van der Waals surface area contributed by atoms with Crippen molar-refractivity contribution in [2.24, 2.45) is 0 Å². The van der Waals surface area contributed by atoms with Crippen molar-refractivity contribution in [1.82, 2.24) is 10.2 Å². The molecule has 1 aliphatic heterocycles. The van der Waals surface area contributed by atoms with E-state index in [1.807, 2.05) is 36.4 Å². The molecule has 1 aliphatic rings. The SMILES string of the molecule is CS(=O)(=O)N(CC(=O)NCCCN1CCCCCC1)c1cccc2ccccc12. The van der Waals surface area contributed by atoms with Gasteiger partial charge in [-0.1, -0.05) is 49.2 Å². The predicted molar refractivity (Wildman–Crippen MR) is 119 cm³/mol. The molecule has 3 rings (SSSR count). The highest BCUT2D eigenvalue weighted by Gasteiger charge is 2.22. The van der Waals surface area contributed by atoms with Gasteiger partial charge in [-0.05, 0) is 50.3 Å². The van der Waals surface area contributed by atoms with Crippen LogP contribution in [-0.4, -0.2) is 58.2 Å². The lowest BCUT2D eigenvalue weighted by molar-refractivity contribution is -0.119. The second-order valence-corrected chi connectivity index (χ2v) is 9.63. The Bertz CT molecular complexity index is 917. The first-order valence-electron chi connectivity index (χ1n) is 10.4. The number of hydrogen-bond donors (Lipinski definition) is 1. The van der Waals surface area contributed by atoms with Crippen molar-refractivity contribution in [3.8, 4) is 0 Å². The number of hydrogen-bond acceptors (Lipinski definition) is 4. The summed E-state index contributed by atoms with van der Waals surface area (Å²) in [7, 11) is -3.59. The van der Waals surface area contributed by atoms with Gasteiger partial charge in [0.15, 0.2) is 0 Å². The van der Waals surface area contributed by atoms with Gasteiger partial charge in [0.2, 0.25) is 15.9 Å². The van der Waals surface area contributed by atoms with Crippen LogP contribution in [0.25, 0.3) is 10.8 Å². The van der Waals surface area contributed by atoms with Crippen LogP contribution < -0.4 is 9.62 Å². The highest BCUT2D eigenvalue weighted by atomic mass is 32.2. The van der Waals surface area contributed by atoms with E-state index in [-0.39, 0.29) is 12.5 Å². The molecule has 0 spiro atoms. The van der Waals surface area contributed by atoms with Crippen LogP contribution in [0.3, 0.4) is 0 Å². The number of sulfonamides is 1. The number of fused-ring (bicyclic) bond motifs is 1. The summed E-state index contributed by atoms with van der Waals surface area (Å²) < 4.78 is 26.0. The van der Waals surface area contributed by atoms with E-state index in [1.54, 1.807) is 6.07 Å². The van der Waals surface area contributed by atoms with E-state index >= 15 is 0 Å². The summed E-state index contributed by atoms with van der Waals surface area (Å²) in [6.45, 7) is 3.59. The van der Waals surface area contributed by atoms with Crippen molar-refractivity contribution in [3.05, 3.63) is 42.5 Å². The fourth-order valence-electron chi connectivity index (χ4n) is 3.88. The van der Waals surface area contributed by atoms with Gasteiger partial charge in [0.05, 0.1) is 11.9 Å². The highest BCUT2D eigenvalue weighted by Crippen LogP contribution is 2.28. The second kappa shape index (κ2) is 10.1. The molecule has 0 atom stereocenters. The normalized spacial score (nSPS) is 15.8. The molecular weight excluding hydrogens is 386 g/mol. The van der Waals surface area contributed by atoms with Gasteiger partial charge in [-0.15, -0.1) is 0 Å². The van der Waals surface area contributed by atoms with Gasteiger partial charge in [0.1, 0.15) is 6.54 Å². The molecule has 0 saturated carbocycles. The van der Waals surface area contributed by atoms with Crippen LogP contribution in [0.4, 0.5) is 5.69 Å². The number of nitrogens with zero attached hydrogens (tertiary/aromatic N) is 2. The third-order valence-electron chi connectivity index (χ3n) is 5.39. The summed E-state index contributed by atoms with van der Waals surface area (Å²) in [5, 5.41) is 4.64. The number of carbonyl (C=O) groups is 1. The lowest BCUT2D eigenvalue weighted by atomic mass is 10.1. The third-order valence-corrected chi connectivity index (χ3v) is 6.52. The van der Waals surface area contributed by atoms with E-state index in [9.17, 15) is 13.2 Å². The predicted octanol–water partition coefficient (Wildman–Crippen LogP) is 2.99. The highest BCUT2D eigenvalue weighted by molar-refractivity contribution is 7.92. The van der Waals surface area contributed by atoms with Gasteiger partial charge in [-0.2, -0.15) is 0 Å². The summed E-state index contributed by atoms with van der Waals surface area (Å²) in [5.74, 6) is -0.278. The largest absolute Gasteiger partial charge is 0.354 e. The van der Waals surface area contributed by atoms with E-state index in [0.29, 0.717) is 12.2 Å².